The number of aromatic nitrogens is 1. The summed E-state index contributed by atoms with van der Waals surface area (Å²) in [6.07, 6.45) is 0. The SMILES string of the molecule is CNc1oc(-c2ccc(Cl)cc2)nc1S(=O)(=O)c1ccc(Br)cc1. The van der Waals surface area contributed by atoms with Crippen molar-refractivity contribution in [3.05, 3.63) is 58.0 Å². The van der Waals surface area contributed by atoms with Gasteiger partial charge in [0.05, 0.1) is 4.90 Å². The summed E-state index contributed by atoms with van der Waals surface area (Å²) in [6.45, 7) is 0. The van der Waals surface area contributed by atoms with Gasteiger partial charge in [-0.1, -0.05) is 27.5 Å². The second kappa shape index (κ2) is 6.58. The highest BCUT2D eigenvalue weighted by atomic mass is 79.9. The van der Waals surface area contributed by atoms with Gasteiger partial charge in [0, 0.05) is 22.1 Å². The number of sulfone groups is 1. The highest BCUT2D eigenvalue weighted by Crippen LogP contribution is 2.32. The normalized spacial score (nSPS) is 11.5. The molecule has 0 saturated carbocycles. The van der Waals surface area contributed by atoms with Crippen LogP contribution in [0, 0.1) is 0 Å². The van der Waals surface area contributed by atoms with Crippen LogP contribution >= 0.6 is 27.5 Å². The summed E-state index contributed by atoms with van der Waals surface area (Å²) in [7, 11) is -2.23. The Morgan fingerprint density at radius 1 is 1.08 bits per heavy atom. The molecule has 0 radical (unpaired) electrons. The number of nitrogens with one attached hydrogen (secondary N) is 1. The van der Waals surface area contributed by atoms with E-state index in [1.165, 1.54) is 12.1 Å². The van der Waals surface area contributed by atoms with E-state index in [1.54, 1.807) is 43.4 Å². The van der Waals surface area contributed by atoms with Crippen LogP contribution in [0.2, 0.25) is 5.02 Å². The Labute approximate surface area is 152 Å². The smallest absolute Gasteiger partial charge is 0.233 e. The van der Waals surface area contributed by atoms with Crippen molar-refractivity contribution in [3.63, 3.8) is 0 Å². The lowest BCUT2D eigenvalue weighted by molar-refractivity contribution is 0.580. The molecule has 5 nitrogen and oxygen atoms in total. The van der Waals surface area contributed by atoms with Crippen molar-refractivity contribution in [2.75, 3.05) is 12.4 Å². The second-order valence-electron chi connectivity index (χ2n) is 4.87. The van der Waals surface area contributed by atoms with Crippen molar-refractivity contribution in [3.8, 4) is 11.5 Å². The van der Waals surface area contributed by atoms with Crippen LogP contribution in [0.4, 0.5) is 5.88 Å². The molecule has 1 N–H and O–H groups in total. The van der Waals surface area contributed by atoms with Crippen LogP contribution in [0.5, 0.6) is 0 Å². The van der Waals surface area contributed by atoms with Gasteiger partial charge in [0.15, 0.2) is 0 Å². The summed E-state index contributed by atoms with van der Waals surface area (Å²) in [5, 5.41) is 3.16. The fourth-order valence-electron chi connectivity index (χ4n) is 2.09. The summed E-state index contributed by atoms with van der Waals surface area (Å²) < 4.78 is 32.0. The van der Waals surface area contributed by atoms with E-state index in [-0.39, 0.29) is 21.7 Å². The number of hydrogen-bond acceptors (Lipinski definition) is 5. The highest BCUT2D eigenvalue weighted by molar-refractivity contribution is 9.10. The number of halogens is 2. The summed E-state index contributed by atoms with van der Waals surface area (Å²) in [5.41, 5.74) is 0.633. The minimum atomic E-state index is -3.81. The molecule has 0 unspecified atom stereocenters. The Kier molecular flexibility index (Phi) is 4.67. The Balaban J connectivity index is 2.10. The maximum atomic E-state index is 12.8. The lowest BCUT2D eigenvalue weighted by Gasteiger charge is -2.02. The van der Waals surface area contributed by atoms with Crippen LogP contribution in [-0.2, 0) is 9.84 Å². The largest absolute Gasteiger partial charge is 0.419 e. The summed E-state index contributed by atoms with van der Waals surface area (Å²) in [5.74, 6) is 0.287. The molecular weight excluding hydrogens is 416 g/mol. The molecule has 0 amide bonds. The van der Waals surface area contributed by atoms with Gasteiger partial charge in [-0.2, -0.15) is 4.98 Å². The molecule has 1 aromatic heterocycles. The van der Waals surface area contributed by atoms with E-state index in [4.69, 9.17) is 16.0 Å². The van der Waals surface area contributed by atoms with Gasteiger partial charge >= 0.3 is 0 Å². The number of benzene rings is 2. The van der Waals surface area contributed by atoms with Gasteiger partial charge in [0.2, 0.25) is 26.6 Å². The summed E-state index contributed by atoms with van der Waals surface area (Å²) in [6, 6.07) is 13.1. The molecule has 124 valence electrons. The first-order valence-corrected chi connectivity index (χ1v) is 9.52. The Hall–Kier alpha value is -1.83. The zero-order valence-corrected chi connectivity index (χ0v) is 15.6. The molecule has 0 aliphatic carbocycles. The first-order chi connectivity index (χ1) is 11.4. The Morgan fingerprint density at radius 2 is 1.71 bits per heavy atom. The maximum Gasteiger partial charge on any atom is 0.233 e. The minimum Gasteiger partial charge on any atom is -0.419 e. The summed E-state index contributed by atoms with van der Waals surface area (Å²) in [4.78, 5) is 4.32. The van der Waals surface area contributed by atoms with Gasteiger partial charge < -0.3 is 9.73 Å². The van der Waals surface area contributed by atoms with Gasteiger partial charge in [0.1, 0.15) is 0 Å². The Morgan fingerprint density at radius 3 is 2.29 bits per heavy atom. The second-order valence-corrected chi connectivity index (χ2v) is 8.08. The number of anilines is 1. The van der Waals surface area contributed by atoms with Crippen LogP contribution in [0.15, 0.2) is 67.3 Å². The van der Waals surface area contributed by atoms with E-state index < -0.39 is 9.84 Å². The van der Waals surface area contributed by atoms with Crippen molar-refractivity contribution >= 4 is 43.3 Å². The highest BCUT2D eigenvalue weighted by Gasteiger charge is 2.28. The predicted molar refractivity (Wildman–Crippen MR) is 96.1 cm³/mol. The molecular formula is C16H12BrClN2O3S. The number of nitrogens with zero attached hydrogens (tertiary/aromatic N) is 1. The van der Waals surface area contributed by atoms with Crippen LogP contribution in [-0.4, -0.2) is 20.4 Å². The van der Waals surface area contributed by atoms with Crippen molar-refractivity contribution in [2.24, 2.45) is 0 Å². The molecule has 8 heteroatoms. The number of hydrogen-bond donors (Lipinski definition) is 1. The molecule has 0 aliphatic heterocycles. The molecule has 0 fully saturated rings. The lowest BCUT2D eigenvalue weighted by atomic mass is 10.2. The van der Waals surface area contributed by atoms with E-state index in [0.717, 1.165) is 4.47 Å². The van der Waals surface area contributed by atoms with Crippen LogP contribution in [0.25, 0.3) is 11.5 Å². The third-order valence-corrected chi connectivity index (χ3v) is 5.75. The van der Waals surface area contributed by atoms with Crippen molar-refractivity contribution in [1.29, 1.82) is 0 Å². The average molecular weight is 428 g/mol. The molecule has 3 aromatic rings. The molecule has 0 bridgehead atoms. The zero-order valence-electron chi connectivity index (χ0n) is 12.5. The topological polar surface area (TPSA) is 72.2 Å². The fourth-order valence-corrected chi connectivity index (χ4v) is 3.79. The minimum absolute atomic E-state index is 0.0860. The molecule has 2 aromatic carbocycles. The quantitative estimate of drug-likeness (QED) is 0.657. The van der Waals surface area contributed by atoms with E-state index in [2.05, 4.69) is 26.2 Å². The molecule has 0 aliphatic rings. The van der Waals surface area contributed by atoms with Gasteiger partial charge in [-0.25, -0.2) is 8.42 Å². The first kappa shape index (κ1) is 17.0. The van der Waals surface area contributed by atoms with Crippen molar-refractivity contribution < 1.29 is 12.8 Å². The van der Waals surface area contributed by atoms with Gasteiger partial charge in [-0.05, 0) is 48.5 Å². The zero-order chi connectivity index (χ0) is 17.3. The third-order valence-electron chi connectivity index (χ3n) is 3.29. The number of oxazole rings is 1. The summed E-state index contributed by atoms with van der Waals surface area (Å²) >= 11 is 9.15. The van der Waals surface area contributed by atoms with E-state index in [0.29, 0.717) is 10.6 Å². The van der Waals surface area contributed by atoms with E-state index in [9.17, 15) is 8.42 Å². The molecule has 0 atom stereocenters. The first-order valence-electron chi connectivity index (χ1n) is 6.87. The van der Waals surface area contributed by atoms with Crippen LogP contribution in [0.1, 0.15) is 0 Å². The number of rotatable bonds is 4. The van der Waals surface area contributed by atoms with Gasteiger partial charge in [-0.3, -0.25) is 0 Å². The van der Waals surface area contributed by atoms with E-state index >= 15 is 0 Å². The fraction of sp³-hybridized carbons (Fsp3) is 0.0625. The van der Waals surface area contributed by atoms with Crippen molar-refractivity contribution in [1.82, 2.24) is 4.98 Å². The molecule has 0 spiro atoms. The van der Waals surface area contributed by atoms with Crippen molar-refractivity contribution in [2.45, 2.75) is 9.92 Å². The Bertz CT molecular complexity index is 968. The molecule has 3 rings (SSSR count). The average Bonchev–Trinajstić information content (AvgIpc) is 3.01. The standard InChI is InChI=1S/C16H12BrClN2O3S/c1-19-15-16(24(21,22)13-8-4-11(17)5-9-13)20-14(23-15)10-2-6-12(18)7-3-10/h2-9,19H,1H3. The monoisotopic (exact) mass is 426 g/mol. The third kappa shape index (κ3) is 3.19. The molecule has 0 saturated heterocycles. The molecule has 1 heterocycles. The maximum absolute atomic E-state index is 12.8. The molecule has 24 heavy (non-hydrogen) atoms. The predicted octanol–water partition coefficient (Wildman–Crippen LogP) is 4.63. The van der Waals surface area contributed by atoms with Gasteiger partial charge in [-0.15, -0.1) is 0 Å². The lowest BCUT2D eigenvalue weighted by Crippen LogP contribution is -2.05. The van der Waals surface area contributed by atoms with Gasteiger partial charge in [0.25, 0.3) is 0 Å². The van der Waals surface area contributed by atoms with Crippen LogP contribution in [0.3, 0.4) is 0 Å². The van der Waals surface area contributed by atoms with E-state index in [1.807, 2.05) is 0 Å². The van der Waals surface area contributed by atoms with Crippen LogP contribution < -0.4 is 5.32 Å².